The van der Waals surface area contributed by atoms with Crippen molar-refractivity contribution in [3.8, 4) is 23.3 Å². The Morgan fingerprint density at radius 2 is 2.15 bits per heavy atom. The standard InChI is InChI=1S/C23H24BrN5O4/c1-31-17-9-11(8-14(24)21(17)32-2)18-12-5-6-15(29-23(30)16-4-3-7-28-16)19(26)20(12)33-22(27)13(18)10-25/h5-6,8-9,13,16,18,27-28H,3-4,7,26H2,1-2H3,(H,29,30). The zero-order valence-electron chi connectivity index (χ0n) is 18.2. The summed E-state index contributed by atoms with van der Waals surface area (Å²) in [5.74, 6) is -0.515. The molecule has 0 radical (unpaired) electrons. The number of nitrogens with two attached hydrogens (primary N) is 1. The number of fused-ring (bicyclic) bond motifs is 1. The molecular formula is C23H24BrN5O4. The number of hydrogen-bond acceptors (Lipinski definition) is 8. The number of amides is 1. The van der Waals surface area contributed by atoms with Gasteiger partial charge in [0.05, 0.1) is 42.2 Å². The third kappa shape index (κ3) is 4.10. The van der Waals surface area contributed by atoms with Gasteiger partial charge in [-0.05, 0) is 59.1 Å². The van der Waals surface area contributed by atoms with Crippen LogP contribution in [0.25, 0.3) is 0 Å². The fraction of sp³-hybridized carbons (Fsp3) is 0.348. The summed E-state index contributed by atoms with van der Waals surface area (Å²) in [6, 6.07) is 9.00. The number of ether oxygens (including phenoxy) is 3. The van der Waals surface area contributed by atoms with Gasteiger partial charge in [0.1, 0.15) is 5.92 Å². The number of halogens is 1. The number of nitrogen functional groups attached to an aromatic ring is 1. The van der Waals surface area contributed by atoms with Crippen LogP contribution in [-0.2, 0) is 4.79 Å². The summed E-state index contributed by atoms with van der Waals surface area (Å²) in [4.78, 5) is 12.6. The first-order valence-electron chi connectivity index (χ1n) is 10.4. The van der Waals surface area contributed by atoms with Crippen LogP contribution in [0.5, 0.6) is 17.2 Å². The molecule has 2 heterocycles. The summed E-state index contributed by atoms with van der Waals surface area (Å²) in [5.41, 5.74) is 8.37. The van der Waals surface area contributed by atoms with Gasteiger partial charge in [-0.3, -0.25) is 10.2 Å². The van der Waals surface area contributed by atoms with Crippen molar-refractivity contribution in [3.05, 3.63) is 39.9 Å². The van der Waals surface area contributed by atoms with Crippen LogP contribution >= 0.6 is 15.9 Å². The highest BCUT2D eigenvalue weighted by molar-refractivity contribution is 9.10. The summed E-state index contributed by atoms with van der Waals surface area (Å²) in [6.07, 6.45) is 1.70. The van der Waals surface area contributed by atoms with E-state index in [2.05, 4.69) is 32.6 Å². The van der Waals surface area contributed by atoms with Crippen molar-refractivity contribution in [1.29, 1.82) is 10.7 Å². The molecule has 1 saturated heterocycles. The van der Waals surface area contributed by atoms with E-state index < -0.39 is 11.8 Å². The van der Waals surface area contributed by atoms with E-state index in [9.17, 15) is 10.1 Å². The van der Waals surface area contributed by atoms with Crippen molar-refractivity contribution in [2.75, 3.05) is 31.8 Å². The first kappa shape index (κ1) is 22.9. The summed E-state index contributed by atoms with van der Waals surface area (Å²) < 4.78 is 17.2. The first-order chi connectivity index (χ1) is 15.9. The van der Waals surface area contributed by atoms with Gasteiger partial charge in [-0.1, -0.05) is 6.07 Å². The lowest BCUT2D eigenvalue weighted by atomic mass is 9.78. The van der Waals surface area contributed by atoms with E-state index in [1.807, 2.05) is 6.07 Å². The van der Waals surface area contributed by atoms with Gasteiger partial charge >= 0.3 is 0 Å². The number of rotatable bonds is 5. The predicted octanol–water partition coefficient (Wildman–Crippen LogP) is 3.38. The van der Waals surface area contributed by atoms with Gasteiger partial charge in [-0.2, -0.15) is 5.26 Å². The van der Waals surface area contributed by atoms with Crippen LogP contribution in [0.15, 0.2) is 28.7 Å². The molecule has 2 aliphatic heterocycles. The SMILES string of the molecule is COc1cc(C2c3ccc(NC(=O)C4CCCN4)c(N)c3OC(=N)C2C#N)cc(Br)c1OC. The second-order valence-corrected chi connectivity index (χ2v) is 8.73. The first-order valence-corrected chi connectivity index (χ1v) is 11.2. The third-order valence-corrected chi connectivity index (χ3v) is 6.57. The summed E-state index contributed by atoms with van der Waals surface area (Å²) in [6.45, 7) is 0.802. The molecule has 5 N–H and O–H groups in total. The lowest BCUT2D eigenvalue weighted by molar-refractivity contribution is -0.117. The van der Waals surface area contributed by atoms with E-state index >= 15 is 0 Å². The number of nitrogens with zero attached hydrogens (tertiary/aromatic N) is 1. The van der Waals surface area contributed by atoms with Crippen LogP contribution in [0.1, 0.15) is 29.9 Å². The molecule has 0 aliphatic carbocycles. The van der Waals surface area contributed by atoms with E-state index in [0.29, 0.717) is 27.2 Å². The van der Waals surface area contributed by atoms with E-state index in [1.165, 1.54) is 14.2 Å². The minimum Gasteiger partial charge on any atom is -0.493 e. The number of hydrogen-bond donors (Lipinski definition) is 4. The highest BCUT2D eigenvalue weighted by Crippen LogP contribution is 2.49. The smallest absolute Gasteiger partial charge is 0.241 e. The molecule has 2 aliphatic rings. The van der Waals surface area contributed by atoms with Crippen LogP contribution in [0, 0.1) is 22.7 Å². The largest absolute Gasteiger partial charge is 0.493 e. The van der Waals surface area contributed by atoms with Crippen molar-refractivity contribution >= 4 is 39.1 Å². The van der Waals surface area contributed by atoms with Crippen molar-refractivity contribution in [3.63, 3.8) is 0 Å². The number of carbonyl (C=O) groups is 1. The molecule has 3 atom stereocenters. The Morgan fingerprint density at radius 1 is 1.36 bits per heavy atom. The molecule has 0 aromatic heterocycles. The highest BCUT2D eigenvalue weighted by Gasteiger charge is 2.39. The Hall–Kier alpha value is -3.29. The van der Waals surface area contributed by atoms with Crippen LogP contribution < -0.4 is 30.6 Å². The molecule has 0 spiro atoms. The van der Waals surface area contributed by atoms with Crippen molar-refractivity contribution in [1.82, 2.24) is 5.32 Å². The Balaban J connectivity index is 1.78. The van der Waals surface area contributed by atoms with Gasteiger partial charge in [-0.15, -0.1) is 0 Å². The molecule has 1 fully saturated rings. The normalized spacial score (nSPS) is 21.5. The minimum atomic E-state index is -0.870. The van der Waals surface area contributed by atoms with Crippen LogP contribution in [-0.4, -0.2) is 38.6 Å². The summed E-state index contributed by atoms with van der Waals surface area (Å²) in [7, 11) is 3.07. The molecule has 4 rings (SSSR count). The van der Waals surface area contributed by atoms with Gasteiger partial charge in [-0.25, -0.2) is 0 Å². The van der Waals surface area contributed by atoms with Crippen LogP contribution in [0.4, 0.5) is 11.4 Å². The fourth-order valence-corrected chi connectivity index (χ4v) is 4.96. The monoisotopic (exact) mass is 513 g/mol. The summed E-state index contributed by atoms with van der Waals surface area (Å²) in [5, 5.41) is 24.2. The molecule has 0 saturated carbocycles. The van der Waals surface area contributed by atoms with E-state index in [0.717, 1.165) is 24.9 Å². The quantitative estimate of drug-likeness (QED) is 0.448. The molecular weight excluding hydrogens is 490 g/mol. The second kappa shape index (κ2) is 9.29. The van der Waals surface area contributed by atoms with Gasteiger partial charge in [0.2, 0.25) is 11.8 Å². The fourth-order valence-electron chi connectivity index (χ4n) is 4.34. The van der Waals surface area contributed by atoms with Gasteiger partial charge < -0.3 is 30.6 Å². The lowest BCUT2D eigenvalue weighted by Gasteiger charge is -2.32. The van der Waals surface area contributed by atoms with Crippen LogP contribution in [0.2, 0.25) is 0 Å². The average Bonchev–Trinajstić information content (AvgIpc) is 3.35. The van der Waals surface area contributed by atoms with E-state index in [-0.39, 0.29) is 29.3 Å². The number of anilines is 2. The Bertz CT molecular complexity index is 1160. The maximum atomic E-state index is 12.6. The van der Waals surface area contributed by atoms with Crippen molar-refractivity contribution in [2.45, 2.75) is 24.8 Å². The van der Waals surface area contributed by atoms with Crippen molar-refractivity contribution in [2.24, 2.45) is 5.92 Å². The molecule has 1 amide bonds. The molecule has 33 heavy (non-hydrogen) atoms. The Morgan fingerprint density at radius 3 is 2.79 bits per heavy atom. The number of benzene rings is 2. The second-order valence-electron chi connectivity index (χ2n) is 7.87. The molecule has 172 valence electrons. The molecule has 10 heteroatoms. The highest BCUT2D eigenvalue weighted by atomic mass is 79.9. The van der Waals surface area contributed by atoms with Gasteiger partial charge in [0.15, 0.2) is 17.2 Å². The molecule has 2 aromatic rings. The van der Waals surface area contributed by atoms with E-state index in [4.69, 9.17) is 25.4 Å². The maximum Gasteiger partial charge on any atom is 0.241 e. The maximum absolute atomic E-state index is 12.6. The molecule has 2 aromatic carbocycles. The van der Waals surface area contributed by atoms with Gasteiger partial charge in [0.25, 0.3) is 0 Å². The Kier molecular flexibility index (Phi) is 6.44. The van der Waals surface area contributed by atoms with E-state index in [1.54, 1.807) is 18.2 Å². The topological polar surface area (TPSA) is 142 Å². The van der Waals surface area contributed by atoms with Crippen LogP contribution in [0.3, 0.4) is 0 Å². The number of nitrogens with one attached hydrogen (secondary N) is 3. The average molecular weight is 514 g/mol. The number of methoxy groups -OCH3 is 2. The predicted molar refractivity (Wildman–Crippen MR) is 127 cm³/mol. The minimum absolute atomic E-state index is 0.166. The van der Waals surface area contributed by atoms with Crippen molar-refractivity contribution < 1.29 is 19.0 Å². The zero-order chi connectivity index (χ0) is 23.7. The number of nitriles is 1. The van der Waals surface area contributed by atoms with Gasteiger partial charge in [0, 0.05) is 11.5 Å². The Labute approximate surface area is 199 Å². The third-order valence-electron chi connectivity index (χ3n) is 5.98. The molecule has 3 unspecified atom stereocenters. The molecule has 0 bridgehead atoms. The lowest BCUT2D eigenvalue weighted by Crippen LogP contribution is -2.36. The number of carbonyl (C=O) groups excluding carboxylic acids is 1. The zero-order valence-corrected chi connectivity index (χ0v) is 19.8. The summed E-state index contributed by atoms with van der Waals surface area (Å²) >= 11 is 3.50. The molecule has 9 nitrogen and oxygen atoms in total.